The number of hydrogen-bond acceptors (Lipinski definition) is 6. The minimum atomic E-state index is -1.73. The van der Waals surface area contributed by atoms with Crippen molar-refractivity contribution in [1.82, 2.24) is 10.4 Å². The van der Waals surface area contributed by atoms with E-state index in [0.29, 0.717) is 0 Å². The average Bonchev–Trinajstić information content (AvgIpc) is 3.08. The molecule has 0 radical (unpaired) electrons. The lowest BCUT2D eigenvalue weighted by Crippen LogP contribution is -2.56. The lowest BCUT2D eigenvalue weighted by Gasteiger charge is -2.30. The molecule has 0 unspecified atom stereocenters. The molecule has 1 spiro atoms. The molecule has 1 aromatic rings. The maximum absolute atomic E-state index is 13.7. The van der Waals surface area contributed by atoms with Gasteiger partial charge in [0.25, 0.3) is 5.91 Å². The molecule has 2 aliphatic rings. The van der Waals surface area contributed by atoms with Crippen LogP contribution in [0.5, 0.6) is 0 Å². The Morgan fingerprint density at radius 2 is 2.04 bits per heavy atom. The van der Waals surface area contributed by atoms with Gasteiger partial charge >= 0.3 is 5.97 Å². The van der Waals surface area contributed by atoms with Crippen molar-refractivity contribution in [3.05, 3.63) is 40.8 Å². The third kappa shape index (κ3) is 2.51. The van der Waals surface area contributed by atoms with Crippen LogP contribution < -0.4 is 10.3 Å². The Hall–Kier alpha value is -2.94. The number of anilines is 1. The number of methoxy groups -OCH3 is 1. The van der Waals surface area contributed by atoms with Gasteiger partial charge in [-0.2, -0.15) is 0 Å². The number of carbonyl (C=O) groups is 4. The molecule has 26 heavy (non-hydrogen) atoms. The standard InChI is InChI=1S/C16H13ClFN3O5/c1-8(22)21-16(6-12(19-21)14(24)26-2)7-13(23)20(15(16)25)9-3-4-10(17)11(18)5-9/h3-6,19H,7H2,1-2H3/t16-/m0/s1. The Balaban J connectivity index is 2.07. The first-order valence-electron chi connectivity index (χ1n) is 7.42. The summed E-state index contributed by atoms with van der Waals surface area (Å²) >= 11 is 5.63. The minimum absolute atomic E-state index is 0.0257. The number of nitrogens with zero attached hydrogens (tertiary/aromatic N) is 2. The first-order chi connectivity index (χ1) is 12.2. The van der Waals surface area contributed by atoms with Crippen LogP contribution in [0.2, 0.25) is 5.02 Å². The van der Waals surface area contributed by atoms with Crippen LogP contribution in [0.3, 0.4) is 0 Å². The SMILES string of the molecule is COC(=O)C1=C[C@@]2(CC(=O)N(c3ccc(Cl)c(F)c3)C2=O)N(C(C)=O)N1. The van der Waals surface area contributed by atoms with E-state index in [2.05, 4.69) is 10.2 Å². The van der Waals surface area contributed by atoms with Gasteiger partial charge in [0.1, 0.15) is 11.5 Å². The van der Waals surface area contributed by atoms with Crippen LogP contribution in [0.1, 0.15) is 13.3 Å². The fourth-order valence-corrected chi connectivity index (χ4v) is 3.11. The first kappa shape index (κ1) is 17.9. The van der Waals surface area contributed by atoms with Crippen LogP contribution in [-0.2, 0) is 23.9 Å². The van der Waals surface area contributed by atoms with Gasteiger partial charge in [-0.25, -0.2) is 19.1 Å². The Morgan fingerprint density at radius 1 is 1.35 bits per heavy atom. The van der Waals surface area contributed by atoms with E-state index >= 15 is 0 Å². The molecular weight excluding hydrogens is 369 g/mol. The number of hydrogen-bond donors (Lipinski definition) is 1. The summed E-state index contributed by atoms with van der Waals surface area (Å²) in [5.74, 6) is -3.66. The lowest BCUT2D eigenvalue weighted by atomic mass is 9.96. The molecule has 1 atom stereocenters. The topological polar surface area (TPSA) is 96.0 Å². The van der Waals surface area contributed by atoms with Crippen molar-refractivity contribution in [2.45, 2.75) is 18.9 Å². The summed E-state index contributed by atoms with van der Waals surface area (Å²) in [6.07, 6.45) is 0.760. The number of rotatable bonds is 2. The number of hydrazine groups is 1. The Labute approximate surface area is 152 Å². The van der Waals surface area contributed by atoms with Gasteiger partial charge in [0, 0.05) is 6.92 Å². The highest BCUT2D eigenvalue weighted by Gasteiger charge is 2.59. The molecule has 0 aliphatic carbocycles. The molecule has 2 aliphatic heterocycles. The Kier molecular flexibility index (Phi) is 4.19. The quantitative estimate of drug-likeness (QED) is 0.604. The molecule has 1 N–H and O–H groups in total. The number of carbonyl (C=O) groups excluding carboxylic acids is 4. The molecule has 8 nitrogen and oxygen atoms in total. The highest BCUT2D eigenvalue weighted by molar-refractivity contribution is 6.31. The second-order valence-electron chi connectivity index (χ2n) is 5.75. The normalized spacial score (nSPS) is 21.9. The smallest absolute Gasteiger partial charge is 0.355 e. The maximum Gasteiger partial charge on any atom is 0.355 e. The molecular formula is C16H13ClFN3O5. The number of benzene rings is 1. The summed E-state index contributed by atoms with van der Waals surface area (Å²) in [5.41, 5.74) is 0.588. The molecule has 0 saturated carbocycles. The Morgan fingerprint density at radius 3 is 2.62 bits per heavy atom. The number of amides is 3. The fraction of sp³-hybridized carbons (Fsp3) is 0.250. The van der Waals surface area contributed by atoms with E-state index in [4.69, 9.17) is 11.6 Å². The zero-order chi connectivity index (χ0) is 19.2. The van der Waals surface area contributed by atoms with E-state index in [1.807, 2.05) is 0 Å². The minimum Gasteiger partial charge on any atom is -0.464 e. The summed E-state index contributed by atoms with van der Waals surface area (Å²) in [6, 6.07) is 3.47. The molecule has 10 heteroatoms. The van der Waals surface area contributed by atoms with Crippen molar-refractivity contribution >= 4 is 41.0 Å². The van der Waals surface area contributed by atoms with E-state index < -0.39 is 41.5 Å². The number of imide groups is 1. The van der Waals surface area contributed by atoms with Gasteiger partial charge in [0.15, 0.2) is 5.54 Å². The van der Waals surface area contributed by atoms with E-state index in [-0.39, 0.29) is 16.4 Å². The summed E-state index contributed by atoms with van der Waals surface area (Å²) in [4.78, 5) is 50.0. The van der Waals surface area contributed by atoms with Crippen molar-refractivity contribution in [3.63, 3.8) is 0 Å². The molecule has 1 aromatic carbocycles. The van der Waals surface area contributed by atoms with E-state index in [1.54, 1.807) is 0 Å². The first-order valence-corrected chi connectivity index (χ1v) is 7.80. The van der Waals surface area contributed by atoms with Crippen molar-refractivity contribution in [2.24, 2.45) is 0 Å². The van der Waals surface area contributed by atoms with Gasteiger partial charge in [0.05, 0.1) is 24.2 Å². The second-order valence-corrected chi connectivity index (χ2v) is 6.16. The zero-order valence-corrected chi connectivity index (χ0v) is 14.5. The van der Waals surface area contributed by atoms with Crippen molar-refractivity contribution in [3.8, 4) is 0 Å². The van der Waals surface area contributed by atoms with Crippen molar-refractivity contribution in [1.29, 1.82) is 0 Å². The highest BCUT2D eigenvalue weighted by Crippen LogP contribution is 2.38. The highest BCUT2D eigenvalue weighted by atomic mass is 35.5. The Bertz CT molecular complexity index is 887. The molecule has 0 aromatic heterocycles. The molecule has 3 amide bonds. The van der Waals surface area contributed by atoms with E-state index in [0.717, 1.165) is 23.1 Å². The third-order valence-corrected chi connectivity index (χ3v) is 4.45. The number of esters is 1. The zero-order valence-electron chi connectivity index (χ0n) is 13.7. The van der Waals surface area contributed by atoms with Gasteiger partial charge in [-0.15, -0.1) is 0 Å². The molecule has 1 saturated heterocycles. The maximum atomic E-state index is 13.7. The second kappa shape index (κ2) is 6.10. The fourth-order valence-electron chi connectivity index (χ4n) is 2.99. The van der Waals surface area contributed by atoms with Crippen LogP contribution in [0.25, 0.3) is 0 Å². The van der Waals surface area contributed by atoms with E-state index in [9.17, 15) is 23.6 Å². The van der Waals surface area contributed by atoms with Crippen molar-refractivity contribution < 1.29 is 28.3 Å². The van der Waals surface area contributed by atoms with Gasteiger partial charge < -0.3 is 4.74 Å². The molecule has 3 rings (SSSR count). The monoisotopic (exact) mass is 381 g/mol. The van der Waals surface area contributed by atoms with Gasteiger partial charge in [-0.1, -0.05) is 11.6 Å². The van der Waals surface area contributed by atoms with Crippen molar-refractivity contribution in [2.75, 3.05) is 12.0 Å². The number of ether oxygens (including phenoxy) is 1. The number of nitrogens with one attached hydrogen (secondary N) is 1. The van der Waals surface area contributed by atoms with Crippen LogP contribution >= 0.6 is 11.6 Å². The molecule has 136 valence electrons. The van der Waals surface area contributed by atoms with Crippen LogP contribution in [0.4, 0.5) is 10.1 Å². The summed E-state index contributed by atoms with van der Waals surface area (Å²) in [7, 11) is 1.14. The van der Waals surface area contributed by atoms with Crippen LogP contribution in [-0.4, -0.2) is 41.3 Å². The molecule has 1 fully saturated rings. The summed E-state index contributed by atoms with van der Waals surface area (Å²) in [5, 5.41) is 0.731. The van der Waals surface area contributed by atoms with Gasteiger partial charge in [-0.05, 0) is 24.3 Å². The lowest BCUT2D eigenvalue weighted by molar-refractivity contribution is -0.143. The summed E-state index contributed by atoms with van der Waals surface area (Å²) < 4.78 is 18.3. The molecule has 2 heterocycles. The molecule has 0 bridgehead atoms. The average molecular weight is 382 g/mol. The van der Waals surface area contributed by atoms with Gasteiger partial charge in [0.2, 0.25) is 11.8 Å². The van der Waals surface area contributed by atoms with E-state index in [1.165, 1.54) is 25.1 Å². The van der Waals surface area contributed by atoms with Crippen LogP contribution in [0.15, 0.2) is 30.0 Å². The van der Waals surface area contributed by atoms with Gasteiger partial charge in [-0.3, -0.25) is 19.8 Å². The predicted octanol–water partition coefficient (Wildman–Crippen LogP) is 0.905. The third-order valence-electron chi connectivity index (χ3n) is 4.14. The predicted molar refractivity (Wildman–Crippen MR) is 87.0 cm³/mol. The summed E-state index contributed by atoms with van der Waals surface area (Å²) in [6.45, 7) is 1.17. The number of halogens is 2. The van der Waals surface area contributed by atoms with Crippen LogP contribution in [0, 0.1) is 5.82 Å². The largest absolute Gasteiger partial charge is 0.464 e.